The summed E-state index contributed by atoms with van der Waals surface area (Å²) in [5.41, 5.74) is 0.0744. The molecule has 10 heteroatoms. The number of halogens is 2. The summed E-state index contributed by atoms with van der Waals surface area (Å²) in [6.07, 6.45) is -2.78. The number of hydrogen-bond donors (Lipinski definition) is 1. The van der Waals surface area contributed by atoms with Crippen molar-refractivity contribution >= 4 is 33.1 Å². The zero-order valence-corrected chi connectivity index (χ0v) is 14.9. The Balaban J connectivity index is 1.82. The zero-order valence-electron chi connectivity index (χ0n) is 14.0. The van der Waals surface area contributed by atoms with E-state index >= 15 is 0 Å². The van der Waals surface area contributed by atoms with Gasteiger partial charge in [-0.15, -0.1) is 10.2 Å². The number of benzene rings is 2. The molecule has 0 atom stereocenters. The van der Waals surface area contributed by atoms with Crippen LogP contribution in [0.1, 0.15) is 21.9 Å². The van der Waals surface area contributed by atoms with Crippen molar-refractivity contribution in [3.8, 4) is 5.69 Å². The molecule has 140 valence electrons. The van der Waals surface area contributed by atoms with Crippen LogP contribution < -0.4 is 10.9 Å². The van der Waals surface area contributed by atoms with E-state index in [0.717, 1.165) is 4.68 Å². The summed E-state index contributed by atoms with van der Waals surface area (Å²) >= 11 is 0.573. The summed E-state index contributed by atoms with van der Waals surface area (Å²) in [5, 5.41) is 13.6. The molecular formula is C18H11F2N5O2S. The van der Waals surface area contributed by atoms with Crippen LogP contribution in [0.15, 0.2) is 59.4 Å². The van der Waals surface area contributed by atoms with Crippen LogP contribution in [0.5, 0.6) is 0 Å². The highest BCUT2D eigenvalue weighted by Crippen LogP contribution is 2.25. The third kappa shape index (κ3) is 3.25. The minimum Gasteiger partial charge on any atom is -0.295 e. The number of aromatic nitrogens is 4. The Morgan fingerprint density at radius 1 is 1.00 bits per heavy atom. The maximum Gasteiger partial charge on any atom is 0.291 e. The van der Waals surface area contributed by atoms with Crippen molar-refractivity contribution in [2.45, 2.75) is 6.43 Å². The van der Waals surface area contributed by atoms with E-state index in [1.54, 1.807) is 54.6 Å². The Bertz CT molecular complexity index is 1220. The van der Waals surface area contributed by atoms with Crippen molar-refractivity contribution in [1.29, 1.82) is 0 Å². The summed E-state index contributed by atoms with van der Waals surface area (Å²) in [7, 11) is 0. The molecule has 0 fully saturated rings. The lowest BCUT2D eigenvalue weighted by atomic mass is 10.1. The monoisotopic (exact) mass is 399 g/mol. The van der Waals surface area contributed by atoms with E-state index in [0.29, 0.717) is 27.8 Å². The molecule has 0 aliphatic heterocycles. The first-order valence-electron chi connectivity index (χ1n) is 8.05. The standard InChI is InChI=1S/C18H11F2N5O2S/c19-14(20)16-22-23-18(28-16)21-15(26)13-11-8-4-5-9-12(11)17(27)25(24-13)10-6-2-1-3-7-10/h1-9,14H,(H,21,23,26). The Morgan fingerprint density at radius 2 is 1.68 bits per heavy atom. The summed E-state index contributed by atoms with van der Waals surface area (Å²) in [5.74, 6) is -0.683. The third-order valence-electron chi connectivity index (χ3n) is 3.87. The van der Waals surface area contributed by atoms with Crippen LogP contribution in [-0.4, -0.2) is 25.9 Å². The summed E-state index contributed by atoms with van der Waals surface area (Å²) < 4.78 is 26.5. The highest BCUT2D eigenvalue weighted by molar-refractivity contribution is 7.15. The largest absolute Gasteiger partial charge is 0.295 e. The Kier molecular flexibility index (Phi) is 4.62. The van der Waals surface area contributed by atoms with Gasteiger partial charge in [-0.1, -0.05) is 47.7 Å². The minimum absolute atomic E-state index is 0.0344. The molecule has 7 nitrogen and oxygen atoms in total. The van der Waals surface area contributed by atoms with Crippen LogP contribution in [0.2, 0.25) is 0 Å². The van der Waals surface area contributed by atoms with Crippen LogP contribution >= 0.6 is 11.3 Å². The molecule has 28 heavy (non-hydrogen) atoms. The Labute approximate surface area is 160 Å². The first-order chi connectivity index (χ1) is 13.5. The molecule has 0 saturated carbocycles. The first-order valence-corrected chi connectivity index (χ1v) is 8.86. The second-order valence-corrected chi connectivity index (χ2v) is 6.66. The third-order valence-corrected chi connectivity index (χ3v) is 4.71. The van der Waals surface area contributed by atoms with Gasteiger partial charge in [0.1, 0.15) is 0 Å². The number of carbonyl (C=O) groups excluding carboxylic acids is 1. The van der Waals surface area contributed by atoms with Crippen LogP contribution in [0.4, 0.5) is 13.9 Å². The minimum atomic E-state index is -2.78. The number of nitrogens with one attached hydrogen (secondary N) is 1. The average Bonchev–Trinajstić information content (AvgIpc) is 3.18. The van der Waals surface area contributed by atoms with Crippen molar-refractivity contribution in [1.82, 2.24) is 20.0 Å². The second kappa shape index (κ2) is 7.24. The van der Waals surface area contributed by atoms with Crippen LogP contribution in [0, 0.1) is 0 Å². The van der Waals surface area contributed by atoms with Gasteiger partial charge in [0.2, 0.25) is 5.13 Å². The predicted octanol–water partition coefficient (Wildman–Crippen LogP) is 3.43. The molecule has 4 rings (SSSR count). The van der Waals surface area contributed by atoms with Gasteiger partial charge in [-0.25, -0.2) is 8.78 Å². The van der Waals surface area contributed by atoms with Crippen LogP contribution in [-0.2, 0) is 0 Å². The normalized spacial score (nSPS) is 11.1. The molecule has 0 spiro atoms. The maximum absolute atomic E-state index is 12.8. The van der Waals surface area contributed by atoms with E-state index in [2.05, 4.69) is 20.6 Å². The van der Waals surface area contributed by atoms with Crippen molar-refractivity contribution in [2.75, 3.05) is 5.32 Å². The van der Waals surface area contributed by atoms with E-state index in [9.17, 15) is 18.4 Å². The van der Waals surface area contributed by atoms with Gasteiger partial charge in [0.05, 0.1) is 11.1 Å². The number of hydrogen-bond acceptors (Lipinski definition) is 6. The van der Waals surface area contributed by atoms with Gasteiger partial charge in [0, 0.05) is 5.39 Å². The van der Waals surface area contributed by atoms with Gasteiger partial charge in [-0.05, 0) is 18.2 Å². The SMILES string of the molecule is O=C(Nc1nnc(C(F)F)s1)c1nn(-c2ccccc2)c(=O)c2ccccc12. The smallest absolute Gasteiger partial charge is 0.291 e. The van der Waals surface area contributed by atoms with E-state index < -0.39 is 17.3 Å². The highest BCUT2D eigenvalue weighted by Gasteiger charge is 2.20. The van der Waals surface area contributed by atoms with Crippen molar-refractivity contribution in [2.24, 2.45) is 0 Å². The molecule has 1 N–H and O–H groups in total. The lowest BCUT2D eigenvalue weighted by Gasteiger charge is -2.10. The molecule has 0 aliphatic rings. The molecule has 0 unspecified atom stereocenters. The van der Waals surface area contributed by atoms with Crippen molar-refractivity contribution in [3.63, 3.8) is 0 Å². The quantitative estimate of drug-likeness (QED) is 0.568. The molecule has 2 aromatic heterocycles. The Morgan fingerprint density at radius 3 is 2.36 bits per heavy atom. The molecular weight excluding hydrogens is 388 g/mol. The number of fused-ring (bicyclic) bond motifs is 1. The maximum atomic E-state index is 12.8. The fourth-order valence-corrected chi connectivity index (χ4v) is 3.23. The van der Waals surface area contributed by atoms with Crippen LogP contribution in [0.25, 0.3) is 16.5 Å². The van der Waals surface area contributed by atoms with E-state index in [1.165, 1.54) is 0 Å². The number of alkyl halides is 2. The predicted molar refractivity (Wildman–Crippen MR) is 100 cm³/mol. The van der Waals surface area contributed by atoms with Crippen LogP contribution in [0.3, 0.4) is 0 Å². The molecule has 4 aromatic rings. The van der Waals surface area contributed by atoms with E-state index in [1.807, 2.05) is 0 Å². The van der Waals surface area contributed by atoms with E-state index in [-0.39, 0.29) is 16.4 Å². The van der Waals surface area contributed by atoms with Gasteiger partial charge in [0.15, 0.2) is 10.7 Å². The number of nitrogens with zero attached hydrogens (tertiary/aromatic N) is 4. The molecule has 2 aromatic carbocycles. The first kappa shape index (κ1) is 17.9. The fraction of sp³-hybridized carbons (Fsp3) is 0.0556. The lowest BCUT2D eigenvalue weighted by molar-refractivity contribution is 0.102. The molecule has 0 radical (unpaired) electrons. The topological polar surface area (TPSA) is 89.8 Å². The summed E-state index contributed by atoms with van der Waals surface area (Å²) in [6, 6.07) is 15.2. The van der Waals surface area contributed by atoms with Crippen molar-refractivity contribution in [3.05, 3.63) is 75.7 Å². The number of para-hydroxylation sites is 1. The highest BCUT2D eigenvalue weighted by atomic mass is 32.1. The molecule has 1 amide bonds. The van der Waals surface area contributed by atoms with Crippen molar-refractivity contribution < 1.29 is 13.6 Å². The molecule has 0 saturated heterocycles. The zero-order chi connectivity index (χ0) is 19.7. The molecule has 0 aliphatic carbocycles. The molecule has 0 bridgehead atoms. The lowest BCUT2D eigenvalue weighted by Crippen LogP contribution is -2.26. The Hall–Kier alpha value is -3.53. The molecule has 2 heterocycles. The van der Waals surface area contributed by atoms with E-state index in [4.69, 9.17) is 0 Å². The average molecular weight is 399 g/mol. The van der Waals surface area contributed by atoms with Gasteiger partial charge in [-0.3, -0.25) is 14.9 Å². The second-order valence-electron chi connectivity index (χ2n) is 5.65. The van der Waals surface area contributed by atoms with Gasteiger partial charge in [-0.2, -0.15) is 9.78 Å². The number of anilines is 1. The number of carbonyl (C=O) groups is 1. The number of rotatable bonds is 4. The summed E-state index contributed by atoms with van der Waals surface area (Å²) in [6.45, 7) is 0. The van der Waals surface area contributed by atoms with Gasteiger partial charge in [0.25, 0.3) is 17.9 Å². The van der Waals surface area contributed by atoms with Gasteiger partial charge < -0.3 is 0 Å². The fourth-order valence-electron chi connectivity index (χ4n) is 2.63. The van der Waals surface area contributed by atoms with Gasteiger partial charge >= 0.3 is 0 Å². The number of amides is 1. The summed E-state index contributed by atoms with van der Waals surface area (Å²) in [4.78, 5) is 25.6.